The van der Waals surface area contributed by atoms with Crippen LogP contribution in [0.2, 0.25) is 5.02 Å². The van der Waals surface area contributed by atoms with E-state index in [-0.39, 0.29) is 0 Å². The Morgan fingerprint density at radius 2 is 1.90 bits per heavy atom. The van der Waals surface area contributed by atoms with Crippen molar-refractivity contribution in [3.63, 3.8) is 0 Å². The molecule has 0 aromatic heterocycles. The van der Waals surface area contributed by atoms with Gasteiger partial charge in [0.05, 0.1) is 0 Å². The maximum atomic E-state index is 12.1. The van der Waals surface area contributed by atoms with Crippen LogP contribution >= 0.6 is 11.6 Å². The lowest BCUT2D eigenvalue weighted by molar-refractivity contribution is -0.112. The summed E-state index contributed by atoms with van der Waals surface area (Å²) in [5.41, 5.74) is 0.106. The molecule has 1 amide bonds. The molecular formula is C15H20ClNO3. The van der Waals surface area contributed by atoms with Gasteiger partial charge in [-0.25, -0.2) is 4.79 Å². The van der Waals surface area contributed by atoms with E-state index in [1.54, 1.807) is 52.0 Å². The summed E-state index contributed by atoms with van der Waals surface area (Å²) < 4.78 is 5.32. The first-order valence-electron chi connectivity index (χ1n) is 6.49. The third-order valence-corrected chi connectivity index (χ3v) is 2.90. The molecular weight excluding hydrogens is 278 g/mol. The van der Waals surface area contributed by atoms with E-state index >= 15 is 0 Å². The summed E-state index contributed by atoms with van der Waals surface area (Å²) in [6.45, 7) is 7.54. The molecule has 1 atom stereocenters. The molecule has 0 bridgehead atoms. The van der Waals surface area contributed by atoms with Gasteiger partial charge in [-0.1, -0.05) is 23.7 Å². The standard InChI is InChI=1S/C15H20ClNO3/c1-5-17(14(19)20-15(2,3)4)13(10-18)11-6-8-12(16)9-7-11/h6-10,13H,5H2,1-4H3. The number of carbonyl (C=O) groups is 2. The molecule has 0 aliphatic rings. The molecule has 1 rings (SSSR count). The third kappa shape index (κ3) is 4.53. The quantitative estimate of drug-likeness (QED) is 0.793. The molecule has 0 saturated carbocycles. The van der Waals surface area contributed by atoms with Crippen LogP contribution in [0.3, 0.4) is 0 Å². The zero-order chi connectivity index (χ0) is 15.3. The number of nitrogens with zero attached hydrogens (tertiary/aromatic N) is 1. The van der Waals surface area contributed by atoms with E-state index in [4.69, 9.17) is 16.3 Å². The van der Waals surface area contributed by atoms with Crippen LogP contribution in [0.1, 0.15) is 39.3 Å². The van der Waals surface area contributed by atoms with Gasteiger partial charge in [0.1, 0.15) is 17.9 Å². The highest BCUT2D eigenvalue weighted by molar-refractivity contribution is 6.30. The second kappa shape index (κ2) is 6.75. The van der Waals surface area contributed by atoms with Gasteiger partial charge in [-0.3, -0.25) is 4.90 Å². The van der Waals surface area contributed by atoms with E-state index in [1.807, 2.05) is 0 Å². The second-order valence-corrected chi connectivity index (χ2v) is 5.84. The first-order valence-corrected chi connectivity index (χ1v) is 6.86. The molecule has 1 aromatic rings. The van der Waals surface area contributed by atoms with E-state index < -0.39 is 17.7 Å². The Labute approximate surface area is 124 Å². The number of likely N-dealkylation sites (N-methyl/N-ethyl adjacent to an activating group) is 1. The lowest BCUT2D eigenvalue weighted by Crippen LogP contribution is -2.39. The van der Waals surface area contributed by atoms with E-state index in [0.717, 1.165) is 6.29 Å². The Bertz CT molecular complexity index is 465. The van der Waals surface area contributed by atoms with Gasteiger partial charge < -0.3 is 9.53 Å². The van der Waals surface area contributed by atoms with Crippen molar-refractivity contribution in [2.45, 2.75) is 39.3 Å². The Kier molecular flexibility index (Phi) is 5.57. The fourth-order valence-corrected chi connectivity index (χ4v) is 1.88. The first-order chi connectivity index (χ1) is 9.28. The van der Waals surface area contributed by atoms with E-state index in [0.29, 0.717) is 17.1 Å². The van der Waals surface area contributed by atoms with Crippen molar-refractivity contribution < 1.29 is 14.3 Å². The Morgan fingerprint density at radius 3 is 2.30 bits per heavy atom. The minimum Gasteiger partial charge on any atom is -0.444 e. The normalized spacial score (nSPS) is 12.7. The average molecular weight is 298 g/mol. The summed E-state index contributed by atoms with van der Waals surface area (Å²) in [5, 5.41) is 0.582. The molecule has 0 aliphatic carbocycles. The van der Waals surface area contributed by atoms with Crippen LogP contribution in [0.15, 0.2) is 24.3 Å². The zero-order valence-electron chi connectivity index (χ0n) is 12.2. The fraction of sp³-hybridized carbons (Fsp3) is 0.467. The molecule has 20 heavy (non-hydrogen) atoms. The largest absolute Gasteiger partial charge is 0.444 e. The van der Waals surface area contributed by atoms with Gasteiger partial charge in [-0.2, -0.15) is 0 Å². The Hall–Kier alpha value is -1.55. The molecule has 110 valence electrons. The lowest BCUT2D eigenvalue weighted by atomic mass is 10.1. The smallest absolute Gasteiger partial charge is 0.411 e. The summed E-state index contributed by atoms with van der Waals surface area (Å²) in [6, 6.07) is 6.17. The molecule has 5 heteroatoms. The highest BCUT2D eigenvalue weighted by Crippen LogP contribution is 2.22. The number of ether oxygens (including phenoxy) is 1. The van der Waals surface area contributed by atoms with Crippen molar-refractivity contribution in [1.29, 1.82) is 0 Å². The van der Waals surface area contributed by atoms with Crippen molar-refractivity contribution >= 4 is 24.0 Å². The van der Waals surface area contributed by atoms with Crippen molar-refractivity contribution in [3.05, 3.63) is 34.9 Å². The third-order valence-electron chi connectivity index (χ3n) is 2.64. The predicted molar refractivity (Wildman–Crippen MR) is 78.9 cm³/mol. The molecule has 1 unspecified atom stereocenters. The number of halogens is 1. The minimum absolute atomic E-state index is 0.376. The predicted octanol–water partition coefficient (Wildman–Crippen LogP) is 3.84. The number of aldehydes is 1. The molecule has 0 heterocycles. The van der Waals surface area contributed by atoms with Crippen molar-refractivity contribution in [3.8, 4) is 0 Å². The van der Waals surface area contributed by atoms with E-state index in [2.05, 4.69) is 0 Å². The highest BCUT2D eigenvalue weighted by atomic mass is 35.5. The molecule has 0 fully saturated rings. The van der Waals surface area contributed by atoms with Crippen molar-refractivity contribution in [2.24, 2.45) is 0 Å². The topological polar surface area (TPSA) is 46.6 Å². The summed E-state index contributed by atoms with van der Waals surface area (Å²) >= 11 is 5.83. The fourth-order valence-electron chi connectivity index (χ4n) is 1.75. The van der Waals surface area contributed by atoms with Crippen LogP contribution in [0, 0.1) is 0 Å². The first kappa shape index (κ1) is 16.5. The molecule has 0 saturated heterocycles. The van der Waals surface area contributed by atoms with Gasteiger partial charge in [0.15, 0.2) is 0 Å². The molecule has 0 radical (unpaired) electrons. The Balaban J connectivity index is 2.98. The van der Waals surface area contributed by atoms with Gasteiger partial charge >= 0.3 is 6.09 Å². The highest BCUT2D eigenvalue weighted by Gasteiger charge is 2.27. The van der Waals surface area contributed by atoms with Gasteiger partial charge in [0.25, 0.3) is 0 Å². The Morgan fingerprint density at radius 1 is 1.35 bits per heavy atom. The van der Waals surface area contributed by atoms with Gasteiger partial charge in [-0.15, -0.1) is 0 Å². The summed E-state index contributed by atoms with van der Waals surface area (Å²) in [4.78, 5) is 24.9. The molecule has 0 aliphatic heterocycles. The number of hydrogen-bond donors (Lipinski definition) is 0. The van der Waals surface area contributed by atoms with Crippen molar-refractivity contribution in [2.75, 3.05) is 6.54 Å². The molecule has 0 spiro atoms. The second-order valence-electron chi connectivity index (χ2n) is 5.40. The minimum atomic E-state index is -0.674. The maximum absolute atomic E-state index is 12.1. The van der Waals surface area contributed by atoms with E-state index in [9.17, 15) is 9.59 Å². The SMILES string of the molecule is CCN(C(=O)OC(C)(C)C)C(C=O)c1ccc(Cl)cc1. The number of amides is 1. The van der Waals surface area contributed by atoms with Gasteiger partial charge in [-0.05, 0) is 45.4 Å². The average Bonchev–Trinajstić information content (AvgIpc) is 2.34. The maximum Gasteiger partial charge on any atom is 0.411 e. The summed E-state index contributed by atoms with van der Waals surface area (Å²) in [7, 11) is 0. The lowest BCUT2D eigenvalue weighted by Gasteiger charge is -2.30. The number of carbonyl (C=O) groups excluding carboxylic acids is 2. The van der Waals surface area contributed by atoms with Crippen LogP contribution in [0.5, 0.6) is 0 Å². The van der Waals surface area contributed by atoms with Gasteiger partial charge in [0.2, 0.25) is 0 Å². The number of benzene rings is 1. The summed E-state index contributed by atoms with van der Waals surface area (Å²) in [6.07, 6.45) is 0.225. The monoisotopic (exact) mass is 297 g/mol. The van der Waals surface area contributed by atoms with Crippen LogP contribution < -0.4 is 0 Å². The molecule has 1 aromatic carbocycles. The molecule has 0 N–H and O–H groups in total. The van der Waals surface area contributed by atoms with E-state index in [1.165, 1.54) is 4.90 Å². The van der Waals surface area contributed by atoms with Crippen LogP contribution in [0.25, 0.3) is 0 Å². The van der Waals surface area contributed by atoms with Crippen LogP contribution in [-0.2, 0) is 9.53 Å². The number of rotatable bonds is 4. The number of hydrogen-bond acceptors (Lipinski definition) is 3. The summed E-state index contributed by atoms with van der Waals surface area (Å²) in [5.74, 6) is 0. The zero-order valence-corrected chi connectivity index (χ0v) is 13.0. The van der Waals surface area contributed by atoms with Crippen LogP contribution in [0.4, 0.5) is 4.79 Å². The van der Waals surface area contributed by atoms with Gasteiger partial charge in [0, 0.05) is 11.6 Å². The molecule has 4 nitrogen and oxygen atoms in total. The van der Waals surface area contributed by atoms with Crippen molar-refractivity contribution in [1.82, 2.24) is 4.90 Å². The van der Waals surface area contributed by atoms with Crippen LogP contribution in [-0.4, -0.2) is 29.4 Å².